The standard InChI is InChI=1S/C17H32N2/c1-4-14-12-18-11-7-8-15(18)13-19(14)16-9-5-6-10-17(16,2)3/h14-16H,4-13H2,1-3H3. The molecule has 3 atom stereocenters. The molecule has 0 radical (unpaired) electrons. The summed E-state index contributed by atoms with van der Waals surface area (Å²) in [5, 5.41) is 0. The van der Waals surface area contributed by atoms with E-state index in [0.29, 0.717) is 5.41 Å². The highest BCUT2D eigenvalue weighted by Crippen LogP contribution is 2.41. The van der Waals surface area contributed by atoms with Crippen molar-refractivity contribution in [3.05, 3.63) is 0 Å². The van der Waals surface area contributed by atoms with Crippen LogP contribution in [0.1, 0.15) is 65.7 Å². The normalized spacial score (nSPS) is 40.3. The van der Waals surface area contributed by atoms with Crippen molar-refractivity contribution >= 4 is 0 Å². The Hall–Kier alpha value is -0.0800. The molecular formula is C17H32N2. The topological polar surface area (TPSA) is 6.48 Å². The molecule has 1 saturated carbocycles. The molecule has 0 N–H and O–H groups in total. The molecule has 3 rings (SSSR count). The fraction of sp³-hybridized carbons (Fsp3) is 1.00. The molecule has 110 valence electrons. The number of rotatable bonds is 2. The second-order valence-corrected chi connectivity index (χ2v) is 7.80. The van der Waals surface area contributed by atoms with Crippen molar-refractivity contribution in [2.45, 2.75) is 83.8 Å². The Morgan fingerprint density at radius 3 is 2.63 bits per heavy atom. The van der Waals surface area contributed by atoms with Crippen molar-refractivity contribution in [1.29, 1.82) is 0 Å². The Balaban J connectivity index is 1.77. The second kappa shape index (κ2) is 5.37. The van der Waals surface area contributed by atoms with E-state index in [1.807, 2.05) is 0 Å². The highest BCUT2D eigenvalue weighted by atomic mass is 15.3. The predicted molar refractivity (Wildman–Crippen MR) is 81.4 cm³/mol. The predicted octanol–water partition coefficient (Wildman–Crippen LogP) is 3.51. The fourth-order valence-corrected chi connectivity index (χ4v) is 4.95. The van der Waals surface area contributed by atoms with Crippen molar-refractivity contribution in [2.75, 3.05) is 19.6 Å². The average molecular weight is 264 g/mol. The zero-order valence-electron chi connectivity index (χ0n) is 13.2. The van der Waals surface area contributed by atoms with Gasteiger partial charge in [0.25, 0.3) is 0 Å². The number of piperazine rings is 1. The first-order chi connectivity index (χ1) is 9.12. The smallest absolute Gasteiger partial charge is 0.0224 e. The molecule has 2 aliphatic heterocycles. The van der Waals surface area contributed by atoms with Gasteiger partial charge in [-0.25, -0.2) is 0 Å². The molecule has 3 unspecified atom stereocenters. The Morgan fingerprint density at radius 1 is 1.05 bits per heavy atom. The van der Waals surface area contributed by atoms with Gasteiger partial charge in [-0.15, -0.1) is 0 Å². The van der Waals surface area contributed by atoms with Crippen LogP contribution in [0, 0.1) is 5.41 Å². The Kier molecular flexibility index (Phi) is 3.92. The maximum atomic E-state index is 2.94. The van der Waals surface area contributed by atoms with Gasteiger partial charge in [0.2, 0.25) is 0 Å². The van der Waals surface area contributed by atoms with Gasteiger partial charge in [-0.3, -0.25) is 9.80 Å². The van der Waals surface area contributed by atoms with Gasteiger partial charge in [-0.1, -0.05) is 33.6 Å². The lowest BCUT2D eigenvalue weighted by atomic mass is 9.71. The van der Waals surface area contributed by atoms with Crippen LogP contribution in [0.3, 0.4) is 0 Å². The van der Waals surface area contributed by atoms with Crippen molar-refractivity contribution in [3.8, 4) is 0 Å². The molecule has 0 amide bonds. The lowest BCUT2D eigenvalue weighted by molar-refractivity contribution is -0.0379. The van der Waals surface area contributed by atoms with Crippen LogP contribution >= 0.6 is 0 Å². The summed E-state index contributed by atoms with van der Waals surface area (Å²) in [7, 11) is 0. The Labute approximate surface area is 119 Å². The molecule has 0 aromatic rings. The van der Waals surface area contributed by atoms with E-state index in [1.54, 1.807) is 0 Å². The van der Waals surface area contributed by atoms with Crippen molar-refractivity contribution in [1.82, 2.24) is 9.80 Å². The zero-order valence-corrected chi connectivity index (χ0v) is 13.2. The van der Waals surface area contributed by atoms with Gasteiger partial charge in [-0.2, -0.15) is 0 Å². The van der Waals surface area contributed by atoms with E-state index in [-0.39, 0.29) is 0 Å². The SMILES string of the molecule is CCC1CN2CCCC2CN1C1CCCCC1(C)C. The number of hydrogen-bond donors (Lipinski definition) is 0. The van der Waals surface area contributed by atoms with Crippen LogP contribution in [0.15, 0.2) is 0 Å². The molecule has 2 heteroatoms. The molecule has 2 heterocycles. The fourth-order valence-electron chi connectivity index (χ4n) is 4.95. The van der Waals surface area contributed by atoms with Gasteiger partial charge >= 0.3 is 0 Å². The van der Waals surface area contributed by atoms with E-state index in [9.17, 15) is 0 Å². The zero-order chi connectivity index (χ0) is 13.5. The minimum Gasteiger partial charge on any atom is -0.298 e. The summed E-state index contributed by atoms with van der Waals surface area (Å²) in [6.07, 6.45) is 9.98. The lowest BCUT2D eigenvalue weighted by Crippen LogP contribution is -2.62. The molecule has 19 heavy (non-hydrogen) atoms. The molecule has 0 aromatic carbocycles. The van der Waals surface area contributed by atoms with Gasteiger partial charge in [-0.05, 0) is 44.1 Å². The van der Waals surface area contributed by atoms with Crippen molar-refractivity contribution in [2.24, 2.45) is 5.41 Å². The quantitative estimate of drug-likeness (QED) is 0.753. The Morgan fingerprint density at radius 2 is 1.89 bits per heavy atom. The first kappa shape index (κ1) is 13.9. The van der Waals surface area contributed by atoms with Crippen LogP contribution in [0.4, 0.5) is 0 Å². The highest BCUT2D eigenvalue weighted by Gasteiger charge is 2.43. The molecule has 0 bridgehead atoms. The first-order valence-corrected chi connectivity index (χ1v) is 8.61. The van der Waals surface area contributed by atoms with E-state index in [1.165, 1.54) is 64.6 Å². The van der Waals surface area contributed by atoms with E-state index in [0.717, 1.165) is 18.1 Å². The maximum Gasteiger partial charge on any atom is 0.0224 e. The summed E-state index contributed by atoms with van der Waals surface area (Å²) < 4.78 is 0. The third-order valence-electron chi connectivity index (χ3n) is 6.16. The summed E-state index contributed by atoms with van der Waals surface area (Å²) in [5.74, 6) is 0. The van der Waals surface area contributed by atoms with Gasteiger partial charge in [0.1, 0.15) is 0 Å². The third kappa shape index (κ3) is 2.58. The van der Waals surface area contributed by atoms with Gasteiger partial charge in [0.05, 0.1) is 0 Å². The molecule has 0 spiro atoms. The third-order valence-corrected chi connectivity index (χ3v) is 6.16. The summed E-state index contributed by atoms with van der Waals surface area (Å²) in [5.41, 5.74) is 0.534. The maximum absolute atomic E-state index is 2.94. The number of nitrogens with zero attached hydrogens (tertiary/aromatic N) is 2. The van der Waals surface area contributed by atoms with Crippen LogP contribution in [0.5, 0.6) is 0 Å². The molecule has 3 fully saturated rings. The minimum absolute atomic E-state index is 0.534. The van der Waals surface area contributed by atoms with Gasteiger partial charge in [0.15, 0.2) is 0 Å². The minimum atomic E-state index is 0.534. The molecular weight excluding hydrogens is 232 g/mol. The van der Waals surface area contributed by atoms with Crippen LogP contribution < -0.4 is 0 Å². The first-order valence-electron chi connectivity index (χ1n) is 8.61. The molecule has 2 saturated heterocycles. The molecule has 3 aliphatic rings. The van der Waals surface area contributed by atoms with Gasteiger partial charge in [0, 0.05) is 31.2 Å². The van der Waals surface area contributed by atoms with E-state index in [2.05, 4.69) is 30.6 Å². The molecule has 1 aliphatic carbocycles. The Bertz CT molecular complexity index is 312. The van der Waals surface area contributed by atoms with E-state index < -0.39 is 0 Å². The largest absolute Gasteiger partial charge is 0.298 e. The number of fused-ring (bicyclic) bond motifs is 1. The number of hydrogen-bond acceptors (Lipinski definition) is 2. The van der Waals surface area contributed by atoms with Crippen LogP contribution in [-0.4, -0.2) is 47.6 Å². The van der Waals surface area contributed by atoms with Crippen LogP contribution in [-0.2, 0) is 0 Å². The second-order valence-electron chi connectivity index (χ2n) is 7.80. The van der Waals surface area contributed by atoms with Gasteiger partial charge < -0.3 is 0 Å². The average Bonchev–Trinajstić information content (AvgIpc) is 2.83. The summed E-state index contributed by atoms with van der Waals surface area (Å²) in [6, 6.07) is 2.53. The summed E-state index contributed by atoms with van der Waals surface area (Å²) >= 11 is 0. The molecule has 0 aromatic heterocycles. The van der Waals surface area contributed by atoms with E-state index >= 15 is 0 Å². The van der Waals surface area contributed by atoms with E-state index in [4.69, 9.17) is 0 Å². The highest BCUT2D eigenvalue weighted by molar-refractivity contribution is 4.98. The summed E-state index contributed by atoms with van der Waals surface area (Å²) in [6.45, 7) is 11.5. The van der Waals surface area contributed by atoms with Crippen molar-refractivity contribution in [3.63, 3.8) is 0 Å². The lowest BCUT2D eigenvalue weighted by Gasteiger charge is -2.53. The van der Waals surface area contributed by atoms with Crippen molar-refractivity contribution < 1.29 is 0 Å². The molecule has 2 nitrogen and oxygen atoms in total. The summed E-state index contributed by atoms with van der Waals surface area (Å²) in [4.78, 5) is 5.71. The monoisotopic (exact) mass is 264 g/mol. The van der Waals surface area contributed by atoms with Crippen LogP contribution in [0.2, 0.25) is 0 Å². The van der Waals surface area contributed by atoms with Crippen LogP contribution in [0.25, 0.3) is 0 Å².